The average Bonchev–Trinajstić information content (AvgIpc) is 3.61. The molecule has 2 N–H and O–H groups in total. The van der Waals surface area contributed by atoms with Crippen molar-refractivity contribution in [3.05, 3.63) is 121 Å². The Balaban J connectivity index is 0.000000187. The van der Waals surface area contributed by atoms with Crippen LogP contribution in [0.3, 0.4) is 0 Å². The molecule has 0 atom stereocenters. The maximum absolute atomic E-state index is 4.95. The Bertz CT molecular complexity index is 1700. The standard InChI is InChI=1S/C23H32N2Si.C13H11N3/c1-17(2)26(18(3)4,19(5)6)25-13-12-22-15-21(16-24-23(22)25)14-20-10-8-7-9-11-20;1-2-4-11(5-3-1)16-12-8-10-6-7-14-13(10)15-9-12/h7-13,15-19H,14H2,1-6H3;1-9,16H,(H,14,15). The van der Waals surface area contributed by atoms with Crippen molar-refractivity contribution in [2.45, 2.75) is 64.6 Å². The highest BCUT2D eigenvalue weighted by Crippen LogP contribution is 2.44. The lowest BCUT2D eigenvalue weighted by Gasteiger charge is -2.44. The number of hydrogen-bond acceptors (Lipinski definition) is 3. The number of nitrogens with one attached hydrogen (secondary N) is 2. The maximum atomic E-state index is 4.95. The van der Waals surface area contributed by atoms with Crippen LogP contribution in [0.25, 0.3) is 22.1 Å². The van der Waals surface area contributed by atoms with Crippen molar-refractivity contribution in [2.24, 2.45) is 0 Å². The van der Waals surface area contributed by atoms with E-state index in [2.05, 4.69) is 122 Å². The molecular formula is C36H43N5Si. The summed E-state index contributed by atoms with van der Waals surface area (Å²) >= 11 is 0. The van der Waals surface area contributed by atoms with E-state index in [-0.39, 0.29) is 0 Å². The van der Waals surface area contributed by atoms with Gasteiger partial charge in [-0.15, -0.1) is 0 Å². The molecule has 6 aromatic rings. The van der Waals surface area contributed by atoms with Gasteiger partial charge >= 0.3 is 0 Å². The van der Waals surface area contributed by atoms with Gasteiger partial charge in [0.2, 0.25) is 0 Å². The van der Waals surface area contributed by atoms with E-state index in [1.54, 1.807) is 0 Å². The second-order valence-corrected chi connectivity index (χ2v) is 17.8. The van der Waals surface area contributed by atoms with Crippen LogP contribution < -0.4 is 5.32 Å². The van der Waals surface area contributed by atoms with E-state index in [4.69, 9.17) is 4.98 Å². The van der Waals surface area contributed by atoms with Gasteiger partial charge in [-0.3, -0.25) is 0 Å². The third-order valence-electron chi connectivity index (χ3n) is 8.49. The predicted octanol–water partition coefficient (Wildman–Crippen LogP) is 9.96. The summed E-state index contributed by atoms with van der Waals surface area (Å²) in [5.41, 5.74) is 8.79. The highest BCUT2D eigenvalue weighted by molar-refractivity contribution is 6.82. The molecule has 0 radical (unpaired) electrons. The summed E-state index contributed by atoms with van der Waals surface area (Å²) in [5.74, 6) is 0. The van der Waals surface area contributed by atoms with Crippen molar-refractivity contribution >= 4 is 41.7 Å². The van der Waals surface area contributed by atoms with Gasteiger partial charge in [0, 0.05) is 28.9 Å². The fraction of sp³-hybridized carbons (Fsp3) is 0.278. The minimum atomic E-state index is -1.75. The molecule has 4 aromatic heterocycles. The molecular weight excluding hydrogens is 531 g/mol. The Morgan fingerprint density at radius 3 is 2.02 bits per heavy atom. The van der Waals surface area contributed by atoms with Crippen LogP contribution in [0.2, 0.25) is 16.6 Å². The van der Waals surface area contributed by atoms with Gasteiger partial charge < -0.3 is 14.5 Å². The molecule has 0 bridgehead atoms. The van der Waals surface area contributed by atoms with Gasteiger partial charge in [-0.25, -0.2) is 9.97 Å². The lowest BCUT2D eigenvalue weighted by atomic mass is 10.1. The molecule has 4 heterocycles. The zero-order valence-corrected chi connectivity index (χ0v) is 26.7. The number of anilines is 2. The van der Waals surface area contributed by atoms with E-state index in [1.807, 2.05) is 48.8 Å². The van der Waals surface area contributed by atoms with E-state index >= 15 is 0 Å². The molecule has 0 saturated heterocycles. The Kier molecular flexibility index (Phi) is 8.93. The molecule has 0 saturated carbocycles. The number of H-pyrrole nitrogens is 1. The topological polar surface area (TPSA) is 58.5 Å². The van der Waals surface area contributed by atoms with Crippen molar-refractivity contribution in [1.29, 1.82) is 0 Å². The number of benzene rings is 2. The van der Waals surface area contributed by atoms with Gasteiger partial charge in [-0.05, 0) is 76.8 Å². The zero-order valence-electron chi connectivity index (χ0n) is 25.7. The summed E-state index contributed by atoms with van der Waals surface area (Å²) < 4.78 is 2.59. The fourth-order valence-corrected chi connectivity index (χ4v) is 13.4. The van der Waals surface area contributed by atoms with Gasteiger partial charge in [-0.1, -0.05) is 90.1 Å². The van der Waals surface area contributed by atoms with Crippen molar-refractivity contribution in [2.75, 3.05) is 5.32 Å². The average molecular weight is 574 g/mol. The van der Waals surface area contributed by atoms with Crippen LogP contribution in [-0.2, 0) is 6.42 Å². The number of nitrogens with zero attached hydrogens (tertiary/aromatic N) is 3. The summed E-state index contributed by atoms with van der Waals surface area (Å²) in [4.78, 5) is 12.3. The van der Waals surface area contributed by atoms with Crippen molar-refractivity contribution in [3.63, 3.8) is 0 Å². The van der Waals surface area contributed by atoms with E-state index in [0.29, 0.717) is 16.6 Å². The van der Waals surface area contributed by atoms with E-state index in [9.17, 15) is 0 Å². The molecule has 0 aliphatic rings. The van der Waals surface area contributed by atoms with Crippen LogP contribution in [0.1, 0.15) is 52.7 Å². The molecule has 0 aliphatic heterocycles. The number of rotatable bonds is 8. The Morgan fingerprint density at radius 1 is 0.690 bits per heavy atom. The minimum Gasteiger partial charge on any atom is -0.359 e. The number of pyridine rings is 2. The molecule has 0 spiro atoms. The van der Waals surface area contributed by atoms with Crippen LogP contribution >= 0.6 is 0 Å². The van der Waals surface area contributed by atoms with Crippen LogP contribution in [0.5, 0.6) is 0 Å². The van der Waals surface area contributed by atoms with Gasteiger partial charge in [0.05, 0.1) is 11.9 Å². The third-order valence-corrected chi connectivity index (χ3v) is 15.2. The smallest absolute Gasteiger partial charge is 0.171 e. The normalized spacial score (nSPS) is 11.8. The highest BCUT2D eigenvalue weighted by atomic mass is 28.3. The first-order valence-electron chi connectivity index (χ1n) is 15.0. The van der Waals surface area contributed by atoms with Gasteiger partial charge in [0.1, 0.15) is 11.3 Å². The summed E-state index contributed by atoms with van der Waals surface area (Å²) in [6.45, 7) is 14.4. The first kappa shape index (κ1) is 29.3. The summed E-state index contributed by atoms with van der Waals surface area (Å²) in [6.07, 6.45) is 9.05. The van der Waals surface area contributed by atoms with Crippen LogP contribution in [0.4, 0.5) is 11.4 Å². The van der Waals surface area contributed by atoms with Crippen LogP contribution in [0, 0.1) is 0 Å². The van der Waals surface area contributed by atoms with Crippen molar-refractivity contribution in [3.8, 4) is 0 Å². The lowest BCUT2D eigenvalue weighted by Crippen LogP contribution is -2.51. The quantitative estimate of drug-likeness (QED) is 0.178. The largest absolute Gasteiger partial charge is 0.359 e. The molecule has 0 amide bonds. The number of fused-ring (bicyclic) bond motifs is 2. The van der Waals surface area contributed by atoms with E-state index in [0.717, 1.165) is 28.8 Å². The SMILES string of the molecule is CC(C)[Si](C(C)C)(C(C)C)n1ccc2cc(Cc3ccccc3)cnc21.c1ccc(Nc2cnc3[nH]ccc3c2)cc1. The van der Waals surface area contributed by atoms with E-state index < -0.39 is 8.24 Å². The van der Waals surface area contributed by atoms with Gasteiger partial charge in [-0.2, -0.15) is 0 Å². The summed E-state index contributed by atoms with van der Waals surface area (Å²) in [5, 5.41) is 5.70. The summed E-state index contributed by atoms with van der Waals surface area (Å²) in [7, 11) is -1.75. The zero-order chi connectivity index (χ0) is 29.7. The van der Waals surface area contributed by atoms with Gasteiger partial charge in [0.25, 0.3) is 0 Å². The maximum Gasteiger partial charge on any atom is 0.171 e. The lowest BCUT2D eigenvalue weighted by molar-refractivity contribution is 0.770. The predicted molar refractivity (Wildman–Crippen MR) is 181 cm³/mol. The minimum absolute atomic E-state index is 0.670. The Labute approximate surface area is 251 Å². The molecule has 0 fully saturated rings. The third kappa shape index (κ3) is 6.04. The Hall–Kier alpha value is -4.16. The molecule has 2 aromatic carbocycles. The molecule has 6 heteroatoms. The number of aromatic nitrogens is 4. The first-order valence-corrected chi connectivity index (χ1v) is 17.2. The number of para-hydroxylation sites is 1. The highest BCUT2D eigenvalue weighted by Gasteiger charge is 2.45. The second-order valence-electron chi connectivity index (χ2n) is 12.1. The summed E-state index contributed by atoms with van der Waals surface area (Å²) in [6, 6.07) is 29.4. The van der Waals surface area contributed by atoms with Crippen molar-refractivity contribution in [1.82, 2.24) is 19.2 Å². The molecule has 5 nitrogen and oxygen atoms in total. The number of aromatic amines is 1. The molecule has 0 aliphatic carbocycles. The van der Waals surface area contributed by atoms with Crippen LogP contribution in [0.15, 0.2) is 110 Å². The van der Waals surface area contributed by atoms with Crippen LogP contribution in [-0.4, -0.2) is 27.4 Å². The number of hydrogen-bond donors (Lipinski definition) is 2. The first-order chi connectivity index (χ1) is 20.3. The second kappa shape index (κ2) is 12.8. The fourth-order valence-electron chi connectivity index (χ4n) is 6.84. The Morgan fingerprint density at radius 2 is 1.36 bits per heavy atom. The van der Waals surface area contributed by atoms with Crippen molar-refractivity contribution < 1.29 is 0 Å². The van der Waals surface area contributed by atoms with Gasteiger partial charge in [0.15, 0.2) is 8.24 Å². The molecule has 0 unspecified atom stereocenters. The molecule has 216 valence electrons. The van der Waals surface area contributed by atoms with E-state index in [1.165, 1.54) is 22.2 Å². The molecule has 42 heavy (non-hydrogen) atoms. The molecule has 6 rings (SSSR count). The monoisotopic (exact) mass is 573 g/mol.